The van der Waals surface area contributed by atoms with E-state index in [2.05, 4.69) is 0 Å². The van der Waals surface area contributed by atoms with Crippen molar-refractivity contribution in [2.75, 3.05) is 26.7 Å². The van der Waals surface area contributed by atoms with Gasteiger partial charge in [-0.25, -0.2) is 0 Å². The summed E-state index contributed by atoms with van der Waals surface area (Å²) in [5.41, 5.74) is 2.29. The van der Waals surface area contributed by atoms with Crippen molar-refractivity contribution in [3.63, 3.8) is 0 Å². The summed E-state index contributed by atoms with van der Waals surface area (Å²) in [5.74, 6) is -1.42. The molecule has 1 saturated carbocycles. The van der Waals surface area contributed by atoms with Gasteiger partial charge in [0, 0.05) is 37.1 Å². The fraction of sp³-hybridized carbons (Fsp3) is 0.455. The zero-order chi connectivity index (χ0) is 20.5. The number of carbonyl (C=O) groups is 3. The van der Waals surface area contributed by atoms with Crippen LogP contribution in [0.25, 0.3) is 10.9 Å². The van der Waals surface area contributed by atoms with Gasteiger partial charge in [0.15, 0.2) is 0 Å². The number of carboxylic acids is 1. The van der Waals surface area contributed by atoms with Crippen molar-refractivity contribution < 1.29 is 19.5 Å². The van der Waals surface area contributed by atoms with Crippen LogP contribution in [0.4, 0.5) is 0 Å². The summed E-state index contributed by atoms with van der Waals surface area (Å²) in [6.07, 6.45) is 3.43. The number of benzene rings is 1. The number of likely N-dealkylation sites (tertiary alicyclic amines) is 1. The standard InChI is InChI=1S/C22H25N3O4/c1-24(13-20(26)25-10-4-5-15(12-25)22(28)29)21(27)17-11-19(14-8-9-14)23-18-7-3-2-6-16(17)18/h2-3,6-7,11,14-15H,4-5,8-10,12-13H2,1H3,(H,28,29). The number of carboxylic acid groups (broad SMARTS) is 1. The molecule has 0 spiro atoms. The molecule has 0 radical (unpaired) electrons. The Morgan fingerprint density at radius 1 is 1.21 bits per heavy atom. The summed E-state index contributed by atoms with van der Waals surface area (Å²) in [4.78, 5) is 44.8. The van der Waals surface area contributed by atoms with Gasteiger partial charge in [0.2, 0.25) is 5.91 Å². The number of aliphatic carboxylic acids is 1. The SMILES string of the molecule is CN(CC(=O)N1CCCC(C(=O)O)C1)C(=O)c1cc(C2CC2)nc2ccccc12. The Morgan fingerprint density at radius 3 is 2.69 bits per heavy atom. The number of fused-ring (bicyclic) bond motifs is 1. The summed E-state index contributed by atoms with van der Waals surface area (Å²) in [6, 6.07) is 9.43. The van der Waals surface area contributed by atoms with Gasteiger partial charge in [-0.1, -0.05) is 18.2 Å². The second-order valence-electron chi connectivity index (χ2n) is 8.06. The summed E-state index contributed by atoms with van der Waals surface area (Å²) >= 11 is 0. The molecule has 29 heavy (non-hydrogen) atoms. The van der Waals surface area contributed by atoms with E-state index in [-0.39, 0.29) is 24.9 Å². The second-order valence-corrected chi connectivity index (χ2v) is 8.06. The van der Waals surface area contributed by atoms with Crippen molar-refractivity contribution in [2.24, 2.45) is 5.92 Å². The molecule has 0 bridgehead atoms. The van der Waals surface area contributed by atoms with Gasteiger partial charge in [0.25, 0.3) is 5.91 Å². The van der Waals surface area contributed by atoms with E-state index in [9.17, 15) is 19.5 Å². The maximum absolute atomic E-state index is 13.2. The molecule has 1 atom stereocenters. The van der Waals surface area contributed by atoms with Gasteiger partial charge in [-0.05, 0) is 37.8 Å². The van der Waals surface area contributed by atoms with Crippen LogP contribution in [0.2, 0.25) is 0 Å². The van der Waals surface area contributed by atoms with E-state index in [4.69, 9.17) is 4.98 Å². The molecule has 2 aromatic rings. The number of hydrogen-bond acceptors (Lipinski definition) is 4. The van der Waals surface area contributed by atoms with Crippen molar-refractivity contribution >= 4 is 28.7 Å². The lowest BCUT2D eigenvalue weighted by atomic mass is 9.98. The molecular formula is C22H25N3O4. The number of carbonyl (C=O) groups excluding carboxylic acids is 2. The van der Waals surface area contributed by atoms with Crippen molar-refractivity contribution in [1.82, 2.24) is 14.8 Å². The maximum atomic E-state index is 13.2. The molecule has 152 valence electrons. The summed E-state index contributed by atoms with van der Waals surface area (Å²) in [6.45, 7) is 0.676. The molecule has 2 amide bonds. The van der Waals surface area contributed by atoms with E-state index in [1.165, 1.54) is 4.90 Å². The van der Waals surface area contributed by atoms with E-state index in [0.29, 0.717) is 30.9 Å². The molecule has 1 aromatic carbocycles. The highest BCUT2D eigenvalue weighted by molar-refractivity contribution is 6.07. The number of amides is 2. The summed E-state index contributed by atoms with van der Waals surface area (Å²) in [5, 5.41) is 10.0. The third-order valence-corrected chi connectivity index (χ3v) is 5.80. The van der Waals surface area contributed by atoms with Crippen LogP contribution in [0.3, 0.4) is 0 Å². The predicted molar refractivity (Wildman–Crippen MR) is 108 cm³/mol. The number of aromatic nitrogens is 1. The average Bonchev–Trinajstić information content (AvgIpc) is 3.57. The molecule has 1 aliphatic heterocycles. The first-order chi connectivity index (χ1) is 13.9. The maximum Gasteiger partial charge on any atom is 0.308 e. The van der Waals surface area contributed by atoms with Crippen LogP contribution >= 0.6 is 0 Å². The van der Waals surface area contributed by atoms with Gasteiger partial charge in [0.05, 0.1) is 23.5 Å². The lowest BCUT2D eigenvalue weighted by Gasteiger charge is -2.32. The van der Waals surface area contributed by atoms with Gasteiger partial charge in [-0.3, -0.25) is 19.4 Å². The Hall–Kier alpha value is -2.96. The second kappa shape index (κ2) is 7.81. The van der Waals surface area contributed by atoms with E-state index >= 15 is 0 Å². The van der Waals surface area contributed by atoms with Gasteiger partial charge in [0.1, 0.15) is 0 Å². The number of piperidine rings is 1. The number of rotatable bonds is 5. The molecule has 7 heteroatoms. The van der Waals surface area contributed by atoms with Gasteiger partial charge < -0.3 is 14.9 Å². The largest absolute Gasteiger partial charge is 0.481 e. The number of hydrogen-bond donors (Lipinski definition) is 1. The molecule has 1 aliphatic carbocycles. The molecule has 7 nitrogen and oxygen atoms in total. The van der Waals surface area contributed by atoms with Crippen LogP contribution in [0.1, 0.15) is 47.7 Å². The normalized spacial score (nSPS) is 19.2. The number of pyridine rings is 1. The lowest BCUT2D eigenvalue weighted by molar-refractivity contribution is -0.145. The quantitative estimate of drug-likeness (QED) is 0.840. The van der Waals surface area contributed by atoms with Crippen molar-refractivity contribution in [3.05, 3.63) is 41.6 Å². The Bertz CT molecular complexity index is 970. The van der Waals surface area contributed by atoms with E-state index in [1.54, 1.807) is 11.9 Å². The molecule has 2 aliphatic rings. The summed E-state index contributed by atoms with van der Waals surface area (Å²) in [7, 11) is 1.62. The fourth-order valence-corrected chi connectivity index (χ4v) is 3.95. The third-order valence-electron chi connectivity index (χ3n) is 5.80. The van der Waals surface area contributed by atoms with E-state index in [1.807, 2.05) is 30.3 Å². The van der Waals surface area contributed by atoms with Crippen LogP contribution in [0.5, 0.6) is 0 Å². The predicted octanol–water partition coefficient (Wildman–Crippen LogP) is 2.51. The van der Waals surface area contributed by atoms with Crippen LogP contribution in [0, 0.1) is 5.92 Å². The van der Waals surface area contributed by atoms with Crippen LogP contribution in [-0.4, -0.2) is 64.4 Å². The highest BCUT2D eigenvalue weighted by Crippen LogP contribution is 2.40. The zero-order valence-corrected chi connectivity index (χ0v) is 16.5. The number of para-hydroxylation sites is 1. The molecule has 1 aromatic heterocycles. The molecule has 4 rings (SSSR count). The third kappa shape index (κ3) is 4.09. The van der Waals surface area contributed by atoms with Crippen molar-refractivity contribution in [2.45, 2.75) is 31.6 Å². The smallest absolute Gasteiger partial charge is 0.308 e. The van der Waals surface area contributed by atoms with Crippen LogP contribution in [-0.2, 0) is 9.59 Å². The first kappa shape index (κ1) is 19.4. The Labute approximate surface area is 169 Å². The van der Waals surface area contributed by atoms with Gasteiger partial charge >= 0.3 is 5.97 Å². The summed E-state index contributed by atoms with van der Waals surface area (Å²) < 4.78 is 0. The lowest BCUT2D eigenvalue weighted by Crippen LogP contribution is -2.46. The van der Waals surface area contributed by atoms with E-state index < -0.39 is 11.9 Å². The number of likely N-dealkylation sites (N-methyl/N-ethyl adjacent to an activating group) is 1. The molecule has 2 fully saturated rings. The first-order valence-electron chi connectivity index (χ1n) is 10.1. The first-order valence-corrected chi connectivity index (χ1v) is 10.1. The fourth-order valence-electron chi connectivity index (χ4n) is 3.95. The Morgan fingerprint density at radius 2 is 1.97 bits per heavy atom. The minimum Gasteiger partial charge on any atom is -0.481 e. The highest BCUT2D eigenvalue weighted by atomic mass is 16.4. The minimum absolute atomic E-state index is 0.0689. The minimum atomic E-state index is -0.872. The van der Waals surface area contributed by atoms with Gasteiger partial charge in [-0.15, -0.1) is 0 Å². The number of nitrogens with zero attached hydrogens (tertiary/aromatic N) is 3. The van der Waals surface area contributed by atoms with Crippen molar-refractivity contribution in [3.8, 4) is 0 Å². The zero-order valence-electron chi connectivity index (χ0n) is 16.5. The Balaban J connectivity index is 1.52. The highest BCUT2D eigenvalue weighted by Gasteiger charge is 2.30. The molecule has 1 unspecified atom stereocenters. The van der Waals surface area contributed by atoms with Gasteiger partial charge in [-0.2, -0.15) is 0 Å². The monoisotopic (exact) mass is 395 g/mol. The molecular weight excluding hydrogens is 370 g/mol. The Kier molecular flexibility index (Phi) is 5.22. The van der Waals surface area contributed by atoms with Crippen LogP contribution in [0.15, 0.2) is 30.3 Å². The molecule has 1 N–H and O–H groups in total. The molecule has 1 saturated heterocycles. The average molecular weight is 395 g/mol. The van der Waals surface area contributed by atoms with E-state index in [0.717, 1.165) is 29.4 Å². The van der Waals surface area contributed by atoms with Crippen molar-refractivity contribution in [1.29, 1.82) is 0 Å². The van der Waals surface area contributed by atoms with Crippen LogP contribution < -0.4 is 0 Å². The molecule has 2 heterocycles. The topological polar surface area (TPSA) is 90.8 Å².